The van der Waals surface area contributed by atoms with E-state index in [4.69, 9.17) is 12.8 Å². The van der Waals surface area contributed by atoms with Crippen molar-refractivity contribution in [1.82, 2.24) is 20.9 Å². The van der Waals surface area contributed by atoms with Crippen LogP contribution in [0.1, 0.15) is 63.4 Å². The number of rotatable bonds is 17. The monoisotopic (exact) mass is 580 g/mol. The first-order valence-corrected chi connectivity index (χ1v) is 15.0. The van der Waals surface area contributed by atoms with E-state index >= 15 is 0 Å². The van der Waals surface area contributed by atoms with Crippen molar-refractivity contribution in [1.29, 1.82) is 0 Å². The summed E-state index contributed by atoms with van der Waals surface area (Å²) in [4.78, 5) is 41.6. The van der Waals surface area contributed by atoms with E-state index in [0.29, 0.717) is 31.8 Å². The first kappa shape index (κ1) is 34.8. The number of benzene rings is 1. The summed E-state index contributed by atoms with van der Waals surface area (Å²) in [5.41, 5.74) is 0.888. The van der Waals surface area contributed by atoms with Gasteiger partial charge in [0.05, 0.1) is 18.1 Å². The molecule has 2 rings (SSSR count). The van der Waals surface area contributed by atoms with Crippen LogP contribution in [0.3, 0.4) is 0 Å². The topological polar surface area (TPSA) is 131 Å². The number of carbonyl (C=O) groups is 3. The zero-order valence-corrected chi connectivity index (χ0v) is 25.1. The van der Waals surface area contributed by atoms with Gasteiger partial charge in [0.2, 0.25) is 17.7 Å². The molecule has 9 nitrogen and oxygen atoms in total. The quantitative estimate of drug-likeness (QED) is 0.178. The Morgan fingerprint density at radius 3 is 2.29 bits per heavy atom. The third-order valence-corrected chi connectivity index (χ3v) is 7.97. The number of nitrogens with zero attached hydrogens (tertiary/aromatic N) is 1. The number of hydrogen-bond donors (Lipinski definition) is 5. The lowest BCUT2D eigenvalue weighted by molar-refractivity contribution is -0.136. The van der Waals surface area contributed by atoms with Crippen molar-refractivity contribution in [3.8, 4) is 24.7 Å². The fourth-order valence-corrected chi connectivity index (χ4v) is 5.40. The zero-order chi connectivity index (χ0) is 30.9. The molecule has 0 heterocycles. The molecule has 0 aliphatic heterocycles. The van der Waals surface area contributed by atoms with Gasteiger partial charge in [-0.2, -0.15) is 0 Å². The summed E-state index contributed by atoms with van der Waals surface area (Å²) in [5, 5.41) is 30.0. The predicted octanol–water partition coefficient (Wildman–Crippen LogP) is 1.62. The van der Waals surface area contributed by atoms with Crippen LogP contribution in [0.5, 0.6) is 0 Å². The van der Waals surface area contributed by atoms with Gasteiger partial charge >= 0.3 is 0 Å². The molecule has 0 spiro atoms. The van der Waals surface area contributed by atoms with Crippen molar-refractivity contribution in [3.63, 3.8) is 0 Å². The largest absolute Gasteiger partial charge is 0.389 e. The van der Waals surface area contributed by atoms with Crippen LogP contribution >= 0.6 is 0 Å². The molecule has 5 N–H and O–H groups in total. The Morgan fingerprint density at radius 1 is 1.00 bits per heavy atom. The first-order chi connectivity index (χ1) is 20.2. The van der Waals surface area contributed by atoms with E-state index in [2.05, 4.69) is 27.8 Å². The number of aliphatic hydroxyl groups excluding tert-OH is 2. The van der Waals surface area contributed by atoms with Crippen LogP contribution in [-0.4, -0.2) is 84.3 Å². The highest BCUT2D eigenvalue weighted by atomic mass is 16.3. The Balaban J connectivity index is 2.20. The number of likely N-dealkylation sites (N-methyl/N-ethyl adjacent to an activating group) is 2. The molecule has 1 aromatic rings. The Morgan fingerprint density at radius 2 is 1.67 bits per heavy atom. The van der Waals surface area contributed by atoms with E-state index in [1.807, 2.05) is 30.3 Å². The predicted molar refractivity (Wildman–Crippen MR) is 164 cm³/mol. The maximum atomic E-state index is 13.6. The Kier molecular flexibility index (Phi) is 15.7. The molecule has 0 aromatic heterocycles. The fourth-order valence-electron chi connectivity index (χ4n) is 5.40. The van der Waals surface area contributed by atoms with Gasteiger partial charge in [-0.05, 0) is 31.4 Å². The summed E-state index contributed by atoms with van der Waals surface area (Å²) in [6.45, 7) is 1.11. The molecule has 230 valence electrons. The molecule has 0 saturated heterocycles. The molecule has 5 atom stereocenters. The summed E-state index contributed by atoms with van der Waals surface area (Å²) in [6.07, 6.45) is 14.3. The SMILES string of the molecule is C#CCC(O)[C@H](O)C(CC1CCCCC1)NC(=O)[C@H](CC#C)NC(=O)C(CC(=O)N(C)CCNC)Cc1ccccc1. The number of carbonyl (C=O) groups excluding carboxylic acids is 3. The van der Waals surface area contributed by atoms with Gasteiger partial charge in [0.15, 0.2) is 0 Å². The highest BCUT2D eigenvalue weighted by Crippen LogP contribution is 2.28. The average molecular weight is 581 g/mol. The van der Waals surface area contributed by atoms with Gasteiger partial charge < -0.3 is 31.1 Å². The molecule has 9 heteroatoms. The number of nitrogens with one attached hydrogen (secondary N) is 3. The number of terminal acetylenes is 2. The number of amides is 3. The second kappa shape index (κ2) is 18.9. The van der Waals surface area contributed by atoms with E-state index in [0.717, 1.165) is 37.7 Å². The summed E-state index contributed by atoms with van der Waals surface area (Å²) >= 11 is 0. The summed E-state index contributed by atoms with van der Waals surface area (Å²) in [7, 11) is 3.49. The normalized spacial score (nSPS) is 17.0. The summed E-state index contributed by atoms with van der Waals surface area (Å²) < 4.78 is 0. The van der Waals surface area contributed by atoms with Crippen molar-refractivity contribution in [2.24, 2.45) is 11.8 Å². The van der Waals surface area contributed by atoms with Crippen molar-refractivity contribution < 1.29 is 24.6 Å². The molecule has 1 fully saturated rings. The number of hydrogen-bond acceptors (Lipinski definition) is 6. The van der Waals surface area contributed by atoms with Gasteiger partial charge in [0.1, 0.15) is 12.1 Å². The van der Waals surface area contributed by atoms with E-state index < -0.39 is 42.0 Å². The maximum Gasteiger partial charge on any atom is 0.243 e. The van der Waals surface area contributed by atoms with Gasteiger partial charge in [-0.25, -0.2) is 0 Å². The summed E-state index contributed by atoms with van der Waals surface area (Å²) in [6, 6.07) is 7.55. The summed E-state index contributed by atoms with van der Waals surface area (Å²) in [5.74, 6) is 3.18. The van der Waals surface area contributed by atoms with Crippen LogP contribution in [0.25, 0.3) is 0 Å². The molecule has 1 aromatic carbocycles. The van der Waals surface area contributed by atoms with Gasteiger partial charge in [0.25, 0.3) is 0 Å². The minimum absolute atomic E-state index is 0.0351. The second-order valence-electron chi connectivity index (χ2n) is 11.3. The average Bonchev–Trinajstić information content (AvgIpc) is 2.99. The molecule has 3 unspecified atom stereocenters. The minimum Gasteiger partial charge on any atom is -0.389 e. The van der Waals surface area contributed by atoms with Crippen LogP contribution in [0.2, 0.25) is 0 Å². The Bertz CT molecular complexity index is 1060. The molecular weight excluding hydrogens is 532 g/mol. The molecule has 42 heavy (non-hydrogen) atoms. The van der Waals surface area contributed by atoms with E-state index in [9.17, 15) is 24.6 Å². The zero-order valence-electron chi connectivity index (χ0n) is 25.1. The maximum absolute atomic E-state index is 13.6. The third kappa shape index (κ3) is 11.9. The highest BCUT2D eigenvalue weighted by molar-refractivity contribution is 5.91. The first-order valence-electron chi connectivity index (χ1n) is 15.0. The fraction of sp³-hybridized carbons (Fsp3) is 0.606. The van der Waals surface area contributed by atoms with Crippen LogP contribution in [0.15, 0.2) is 30.3 Å². The van der Waals surface area contributed by atoms with Crippen molar-refractivity contribution in [2.75, 3.05) is 27.2 Å². The Labute approximate surface area is 251 Å². The smallest absolute Gasteiger partial charge is 0.243 e. The standard InChI is InChI=1S/C33H48N4O5/c1-5-13-27(33(42)36-28(31(40)29(38)14-6-2)22-25-17-11-8-12-18-25)35-32(41)26(21-24-15-9-7-10-16-24)23-30(39)37(4)20-19-34-3/h1-2,7,9-10,15-16,25-29,31,34,38,40H,8,11-14,17-23H2,3-4H3,(H,35,41)(H,36,42)/t26?,27-,28?,29?,31+/m0/s1. The van der Waals surface area contributed by atoms with E-state index in [-0.39, 0.29) is 25.2 Å². The lowest BCUT2D eigenvalue weighted by Gasteiger charge is -2.33. The molecular formula is C33H48N4O5. The second-order valence-corrected chi connectivity index (χ2v) is 11.3. The molecule has 0 radical (unpaired) electrons. The lowest BCUT2D eigenvalue weighted by Crippen LogP contribution is -2.55. The minimum atomic E-state index is -1.27. The molecule has 1 aliphatic rings. The molecule has 3 amide bonds. The van der Waals surface area contributed by atoms with Gasteiger partial charge in [-0.1, -0.05) is 62.4 Å². The van der Waals surface area contributed by atoms with Crippen LogP contribution in [-0.2, 0) is 20.8 Å². The molecule has 0 bridgehead atoms. The van der Waals surface area contributed by atoms with Crippen molar-refractivity contribution >= 4 is 17.7 Å². The van der Waals surface area contributed by atoms with Gasteiger partial charge in [-0.3, -0.25) is 14.4 Å². The highest BCUT2D eigenvalue weighted by Gasteiger charge is 2.33. The van der Waals surface area contributed by atoms with Crippen LogP contribution in [0.4, 0.5) is 0 Å². The van der Waals surface area contributed by atoms with E-state index in [1.54, 1.807) is 19.0 Å². The van der Waals surface area contributed by atoms with Crippen molar-refractivity contribution in [2.45, 2.75) is 88.5 Å². The van der Waals surface area contributed by atoms with E-state index in [1.165, 1.54) is 0 Å². The molecule has 1 saturated carbocycles. The number of aliphatic hydroxyl groups is 2. The van der Waals surface area contributed by atoms with Crippen LogP contribution in [0, 0.1) is 36.5 Å². The van der Waals surface area contributed by atoms with Crippen LogP contribution < -0.4 is 16.0 Å². The van der Waals surface area contributed by atoms with Gasteiger partial charge in [0, 0.05) is 39.4 Å². The Hall–Kier alpha value is -3.37. The van der Waals surface area contributed by atoms with Gasteiger partial charge in [-0.15, -0.1) is 24.7 Å². The lowest BCUT2D eigenvalue weighted by atomic mass is 9.82. The third-order valence-electron chi connectivity index (χ3n) is 7.97. The molecule has 1 aliphatic carbocycles. The van der Waals surface area contributed by atoms with Crippen molar-refractivity contribution in [3.05, 3.63) is 35.9 Å².